The molecule has 130 valence electrons. The molecule has 0 bridgehead atoms. The van der Waals surface area contributed by atoms with Gasteiger partial charge >= 0.3 is 0 Å². The quantitative estimate of drug-likeness (QED) is 0.707. The zero-order valence-corrected chi connectivity index (χ0v) is 14.5. The maximum atomic E-state index is 12.2. The number of carbonyl (C=O) groups is 1. The number of furan rings is 1. The lowest BCUT2D eigenvalue weighted by Gasteiger charge is -2.22. The van der Waals surface area contributed by atoms with Gasteiger partial charge in [-0.2, -0.15) is 9.61 Å². The molecule has 0 spiro atoms. The number of fused-ring (bicyclic) bond motifs is 1. The van der Waals surface area contributed by atoms with E-state index in [1.54, 1.807) is 10.8 Å². The lowest BCUT2D eigenvalue weighted by Crippen LogP contribution is -2.37. The van der Waals surface area contributed by atoms with Gasteiger partial charge in [-0.15, -0.1) is 10.2 Å². The molecule has 0 atom stereocenters. The zero-order valence-electron chi connectivity index (χ0n) is 13.7. The molecule has 1 fully saturated rings. The van der Waals surface area contributed by atoms with Gasteiger partial charge in [0.05, 0.1) is 12.0 Å². The van der Waals surface area contributed by atoms with Crippen molar-refractivity contribution in [3.05, 3.63) is 30.5 Å². The van der Waals surface area contributed by atoms with E-state index in [1.165, 1.54) is 31.0 Å². The Balaban J connectivity index is 1.44. The standard InChI is InChI=1S/C17H19N5O2S/c23-16(18-12-5-2-1-3-6-12)11-25-17-20-19-15-9-8-13(21-22(15)17)14-7-4-10-24-14/h4,7-10,12H,1-3,5-6,11H2,(H,18,23). The van der Waals surface area contributed by atoms with Gasteiger partial charge in [0.25, 0.3) is 0 Å². The fourth-order valence-electron chi connectivity index (χ4n) is 3.06. The Labute approximate surface area is 149 Å². The summed E-state index contributed by atoms with van der Waals surface area (Å²) in [7, 11) is 0. The molecule has 3 heterocycles. The molecule has 1 aliphatic rings. The van der Waals surface area contributed by atoms with Crippen molar-refractivity contribution in [2.75, 3.05) is 5.75 Å². The third-order valence-corrected chi connectivity index (χ3v) is 5.23. The largest absolute Gasteiger partial charge is 0.463 e. The van der Waals surface area contributed by atoms with Crippen LogP contribution in [0, 0.1) is 0 Å². The average Bonchev–Trinajstić information content (AvgIpc) is 3.30. The van der Waals surface area contributed by atoms with Crippen LogP contribution >= 0.6 is 11.8 Å². The van der Waals surface area contributed by atoms with Gasteiger partial charge in [-0.3, -0.25) is 4.79 Å². The van der Waals surface area contributed by atoms with E-state index in [0.717, 1.165) is 12.8 Å². The van der Waals surface area contributed by atoms with Crippen LogP contribution in [-0.4, -0.2) is 37.5 Å². The van der Waals surface area contributed by atoms with Crippen LogP contribution in [0.25, 0.3) is 17.1 Å². The molecular weight excluding hydrogens is 338 g/mol. The third-order valence-electron chi connectivity index (χ3n) is 4.31. The highest BCUT2D eigenvalue weighted by Crippen LogP contribution is 2.21. The molecular formula is C17H19N5O2S. The minimum absolute atomic E-state index is 0.0378. The first-order chi connectivity index (χ1) is 12.3. The Kier molecular flexibility index (Phi) is 4.69. The highest BCUT2D eigenvalue weighted by atomic mass is 32.2. The first kappa shape index (κ1) is 16.1. The van der Waals surface area contributed by atoms with E-state index in [2.05, 4.69) is 20.6 Å². The van der Waals surface area contributed by atoms with Crippen molar-refractivity contribution in [1.82, 2.24) is 25.1 Å². The van der Waals surface area contributed by atoms with Crippen molar-refractivity contribution in [3.63, 3.8) is 0 Å². The van der Waals surface area contributed by atoms with Gasteiger partial charge in [0.2, 0.25) is 11.1 Å². The van der Waals surface area contributed by atoms with Crippen LogP contribution in [0.4, 0.5) is 0 Å². The number of nitrogens with one attached hydrogen (secondary N) is 1. The first-order valence-corrected chi connectivity index (χ1v) is 9.47. The Bertz CT molecular complexity index is 855. The Morgan fingerprint density at radius 3 is 2.92 bits per heavy atom. The van der Waals surface area contributed by atoms with Crippen LogP contribution < -0.4 is 5.32 Å². The Hall–Kier alpha value is -2.35. The van der Waals surface area contributed by atoms with Crippen LogP contribution in [-0.2, 0) is 4.79 Å². The molecule has 3 aromatic rings. The summed E-state index contributed by atoms with van der Waals surface area (Å²) < 4.78 is 7.03. The molecule has 3 aromatic heterocycles. The predicted molar refractivity (Wildman–Crippen MR) is 94.2 cm³/mol. The molecule has 0 radical (unpaired) electrons. The van der Waals surface area contributed by atoms with Crippen LogP contribution in [0.2, 0.25) is 0 Å². The summed E-state index contributed by atoms with van der Waals surface area (Å²) in [6.07, 6.45) is 7.45. The molecule has 0 unspecified atom stereocenters. The second-order valence-electron chi connectivity index (χ2n) is 6.14. The molecule has 1 saturated carbocycles. The number of nitrogens with zero attached hydrogens (tertiary/aromatic N) is 4. The molecule has 7 nitrogen and oxygen atoms in total. The highest BCUT2D eigenvalue weighted by Gasteiger charge is 2.17. The summed E-state index contributed by atoms with van der Waals surface area (Å²) in [5, 5.41) is 16.5. The summed E-state index contributed by atoms with van der Waals surface area (Å²) in [5.74, 6) is 1.03. The maximum absolute atomic E-state index is 12.2. The number of rotatable bonds is 5. The molecule has 0 aromatic carbocycles. The molecule has 4 rings (SSSR count). The molecule has 8 heteroatoms. The van der Waals surface area contributed by atoms with Gasteiger partial charge in [-0.25, -0.2) is 0 Å². The van der Waals surface area contributed by atoms with E-state index in [0.29, 0.717) is 34.1 Å². The van der Waals surface area contributed by atoms with Gasteiger partial charge in [0.15, 0.2) is 11.4 Å². The zero-order chi connectivity index (χ0) is 17.1. The number of hydrogen-bond acceptors (Lipinski definition) is 6. The summed E-state index contributed by atoms with van der Waals surface area (Å²) in [5.41, 5.74) is 1.34. The summed E-state index contributed by atoms with van der Waals surface area (Å²) in [6, 6.07) is 7.67. The van der Waals surface area contributed by atoms with E-state index >= 15 is 0 Å². The fourth-order valence-corrected chi connectivity index (χ4v) is 3.76. The monoisotopic (exact) mass is 357 g/mol. The van der Waals surface area contributed by atoms with E-state index < -0.39 is 0 Å². The van der Waals surface area contributed by atoms with Crippen LogP contribution in [0.3, 0.4) is 0 Å². The van der Waals surface area contributed by atoms with Crippen molar-refractivity contribution in [2.24, 2.45) is 0 Å². The van der Waals surface area contributed by atoms with Crippen molar-refractivity contribution in [1.29, 1.82) is 0 Å². The summed E-state index contributed by atoms with van der Waals surface area (Å²) in [6.45, 7) is 0. The SMILES string of the molecule is O=C(CSc1nnc2ccc(-c3ccco3)nn12)NC1CCCCC1. The fraction of sp³-hybridized carbons (Fsp3) is 0.412. The second-order valence-corrected chi connectivity index (χ2v) is 7.08. The van der Waals surface area contributed by atoms with Crippen LogP contribution in [0.5, 0.6) is 0 Å². The van der Waals surface area contributed by atoms with Crippen molar-refractivity contribution >= 4 is 23.3 Å². The maximum Gasteiger partial charge on any atom is 0.230 e. The van der Waals surface area contributed by atoms with Crippen molar-refractivity contribution < 1.29 is 9.21 Å². The Morgan fingerprint density at radius 2 is 2.12 bits per heavy atom. The summed E-state index contributed by atoms with van der Waals surface area (Å²) in [4.78, 5) is 12.2. The van der Waals surface area contributed by atoms with Gasteiger partial charge in [0, 0.05) is 6.04 Å². The Morgan fingerprint density at radius 1 is 1.24 bits per heavy atom. The molecule has 0 saturated heterocycles. The van der Waals surface area contributed by atoms with Gasteiger partial charge in [-0.05, 0) is 37.1 Å². The number of aromatic nitrogens is 4. The van der Waals surface area contributed by atoms with Gasteiger partial charge in [-0.1, -0.05) is 31.0 Å². The predicted octanol–water partition coefficient (Wildman–Crippen LogP) is 2.93. The number of amides is 1. The average molecular weight is 357 g/mol. The number of carbonyl (C=O) groups excluding carboxylic acids is 1. The third kappa shape index (κ3) is 3.68. The van der Waals surface area contributed by atoms with Crippen LogP contribution in [0.15, 0.2) is 40.1 Å². The molecule has 1 amide bonds. The van der Waals surface area contributed by atoms with Crippen LogP contribution in [0.1, 0.15) is 32.1 Å². The lowest BCUT2D eigenvalue weighted by atomic mass is 9.95. The second kappa shape index (κ2) is 7.26. The smallest absolute Gasteiger partial charge is 0.230 e. The highest BCUT2D eigenvalue weighted by molar-refractivity contribution is 7.99. The molecule has 1 N–H and O–H groups in total. The normalized spacial score (nSPS) is 15.5. The summed E-state index contributed by atoms with van der Waals surface area (Å²) >= 11 is 1.34. The van der Waals surface area contributed by atoms with E-state index in [1.807, 2.05) is 24.3 Å². The number of thioether (sulfide) groups is 1. The lowest BCUT2D eigenvalue weighted by molar-refractivity contribution is -0.119. The molecule has 0 aliphatic heterocycles. The molecule has 1 aliphatic carbocycles. The topological polar surface area (TPSA) is 85.3 Å². The van der Waals surface area contributed by atoms with Crippen molar-refractivity contribution in [2.45, 2.75) is 43.3 Å². The molecule has 25 heavy (non-hydrogen) atoms. The van der Waals surface area contributed by atoms with Gasteiger partial charge in [0.1, 0.15) is 5.69 Å². The first-order valence-electron chi connectivity index (χ1n) is 8.48. The number of hydrogen-bond donors (Lipinski definition) is 1. The minimum atomic E-state index is 0.0378. The van der Waals surface area contributed by atoms with Gasteiger partial charge < -0.3 is 9.73 Å². The van der Waals surface area contributed by atoms with E-state index in [9.17, 15) is 4.79 Å². The van der Waals surface area contributed by atoms with E-state index in [-0.39, 0.29) is 5.91 Å². The minimum Gasteiger partial charge on any atom is -0.463 e. The van der Waals surface area contributed by atoms with Crippen molar-refractivity contribution in [3.8, 4) is 11.5 Å². The van der Waals surface area contributed by atoms with E-state index in [4.69, 9.17) is 4.42 Å².